The Labute approximate surface area is 207 Å². The van der Waals surface area contributed by atoms with E-state index in [4.69, 9.17) is 14.0 Å². The number of pyridine rings is 1. The first kappa shape index (κ1) is 23.7. The first-order valence-corrected chi connectivity index (χ1v) is 12.4. The summed E-state index contributed by atoms with van der Waals surface area (Å²) in [5.41, 5.74) is 5.57. The maximum atomic E-state index is 6.60. The summed E-state index contributed by atoms with van der Waals surface area (Å²) in [4.78, 5) is 11.8. The number of benzene rings is 1. The standard InChI is InChI=1S/C28H34N4O3/c1-33-16-15-32-13-9-21(10-14-32)30-19-22-17-25(20-7-11-29-12-8-20)28(35-22)26-18-27(31-34-2)24-6-4-3-5-23(24)26/h3-8,11-12,17,21,26,30H,9-10,13-16,18-19H2,1-2H3/b31-27-. The van der Waals surface area contributed by atoms with Crippen LogP contribution in [-0.2, 0) is 16.1 Å². The van der Waals surface area contributed by atoms with Gasteiger partial charge in [0, 0.05) is 55.6 Å². The lowest BCUT2D eigenvalue weighted by Crippen LogP contribution is -2.43. The van der Waals surface area contributed by atoms with Crippen LogP contribution < -0.4 is 5.32 Å². The van der Waals surface area contributed by atoms with Crippen LogP contribution in [0.5, 0.6) is 0 Å². The minimum atomic E-state index is 0.0982. The Balaban J connectivity index is 1.36. The van der Waals surface area contributed by atoms with Crippen molar-refractivity contribution in [3.8, 4) is 11.1 Å². The Morgan fingerprint density at radius 3 is 2.66 bits per heavy atom. The highest BCUT2D eigenvalue weighted by Crippen LogP contribution is 2.43. The number of piperidine rings is 1. The molecule has 2 aliphatic rings. The van der Waals surface area contributed by atoms with Crippen molar-refractivity contribution in [2.75, 3.05) is 40.5 Å². The summed E-state index contributed by atoms with van der Waals surface area (Å²) in [5.74, 6) is 2.04. The van der Waals surface area contributed by atoms with Crippen LogP contribution in [0.3, 0.4) is 0 Å². The summed E-state index contributed by atoms with van der Waals surface area (Å²) in [5, 5.41) is 8.05. The molecule has 35 heavy (non-hydrogen) atoms. The largest absolute Gasteiger partial charge is 0.463 e. The summed E-state index contributed by atoms with van der Waals surface area (Å²) in [6.07, 6.45) is 6.71. The van der Waals surface area contributed by atoms with Crippen molar-refractivity contribution in [1.82, 2.24) is 15.2 Å². The zero-order valence-electron chi connectivity index (χ0n) is 20.6. The minimum Gasteiger partial charge on any atom is -0.463 e. The summed E-state index contributed by atoms with van der Waals surface area (Å²) in [6, 6.07) is 15.2. The molecule has 0 radical (unpaired) electrons. The summed E-state index contributed by atoms with van der Waals surface area (Å²) in [6.45, 7) is 4.73. The number of furan rings is 1. The Hall–Kier alpha value is -3.00. The van der Waals surface area contributed by atoms with Crippen LogP contribution in [0.4, 0.5) is 0 Å². The average molecular weight is 475 g/mol. The second-order valence-electron chi connectivity index (χ2n) is 9.28. The van der Waals surface area contributed by atoms with Crippen molar-refractivity contribution >= 4 is 5.71 Å². The van der Waals surface area contributed by atoms with E-state index < -0.39 is 0 Å². The molecule has 1 fully saturated rings. The maximum Gasteiger partial charge on any atom is 0.119 e. The van der Waals surface area contributed by atoms with Gasteiger partial charge in [0.1, 0.15) is 18.6 Å². The summed E-state index contributed by atoms with van der Waals surface area (Å²) in [7, 11) is 3.37. The van der Waals surface area contributed by atoms with Gasteiger partial charge < -0.3 is 24.2 Å². The molecule has 1 aromatic carbocycles. The fraction of sp³-hybridized carbons (Fsp3) is 0.429. The van der Waals surface area contributed by atoms with Crippen LogP contribution in [0.15, 0.2) is 64.4 Å². The SMILES string of the molecule is COCCN1CCC(NCc2cc(-c3ccncc3)c(C3C/C(=N/OC)c4ccccc43)o2)CC1. The topological polar surface area (TPSA) is 72.1 Å². The highest BCUT2D eigenvalue weighted by molar-refractivity contribution is 6.05. The number of oxime groups is 1. The van der Waals surface area contributed by atoms with Gasteiger partial charge in [0.2, 0.25) is 0 Å². The van der Waals surface area contributed by atoms with Gasteiger partial charge in [0.05, 0.1) is 18.9 Å². The van der Waals surface area contributed by atoms with E-state index in [9.17, 15) is 0 Å². The van der Waals surface area contributed by atoms with E-state index >= 15 is 0 Å². The third-order valence-corrected chi connectivity index (χ3v) is 7.13. The van der Waals surface area contributed by atoms with Gasteiger partial charge in [-0.1, -0.05) is 29.4 Å². The van der Waals surface area contributed by atoms with Gasteiger partial charge in [0.15, 0.2) is 0 Å². The quantitative estimate of drug-likeness (QED) is 0.463. The third-order valence-electron chi connectivity index (χ3n) is 7.13. The van der Waals surface area contributed by atoms with E-state index in [2.05, 4.69) is 44.6 Å². The maximum absolute atomic E-state index is 6.60. The number of rotatable bonds is 9. The molecule has 2 aromatic heterocycles. The number of hydrogen-bond donors (Lipinski definition) is 1. The Kier molecular flexibility index (Phi) is 7.57. The fourth-order valence-electron chi connectivity index (χ4n) is 5.29. The summed E-state index contributed by atoms with van der Waals surface area (Å²) < 4.78 is 11.8. The van der Waals surface area contributed by atoms with Gasteiger partial charge in [-0.2, -0.15) is 0 Å². The van der Waals surface area contributed by atoms with Crippen LogP contribution in [-0.4, -0.2) is 62.1 Å². The molecule has 1 saturated heterocycles. The molecule has 1 atom stereocenters. The summed E-state index contributed by atoms with van der Waals surface area (Å²) >= 11 is 0. The van der Waals surface area contributed by atoms with Crippen molar-refractivity contribution in [2.45, 2.75) is 37.8 Å². The van der Waals surface area contributed by atoms with Gasteiger partial charge in [0.25, 0.3) is 0 Å². The Morgan fingerprint density at radius 1 is 1.09 bits per heavy atom. The lowest BCUT2D eigenvalue weighted by Gasteiger charge is -2.32. The Bertz CT molecular complexity index is 1140. The average Bonchev–Trinajstić information content (AvgIpc) is 3.49. The molecule has 1 N–H and O–H groups in total. The molecule has 0 amide bonds. The fourth-order valence-corrected chi connectivity index (χ4v) is 5.29. The molecule has 0 spiro atoms. The van der Waals surface area contributed by atoms with E-state index in [1.165, 1.54) is 5.56 Å². The molecule has 3 heterocycles. The van der Waals surface area contributed by atoms with Gasteiger partial charge >= 0.3 is 0 Å². The van der Waals surface area contributed by atoms with Crippen LogP contribution in [0, 0.1) is 0 Å². The second-order valence-corrected chi connectivity index (χ2v) is 9.28. The lowest BCUT2D eigenvalue weighted by molar-refractivity contribution is 0.125. The molecule has 184 valence electrons. The Morgan fingerprint density at radius 2 is 1.89 bits per heavy atom. The van der Waals surface area contributed by atoms with E-state index in [1.54, 1.807) is 14.2 Å². The van der Waals surface area contributed by atoms with Gasteiger partial charge in [-0.05, 0) is 55.3 Å². The molecule has 0 bridgehead atoms. The van der Waals surface area contributed by atoms with E-state index in [0.717, 1.165) is 79.4 Å². The third kappa shape index (κ3) is 5.32. The molecule has 0 saturated carbocycles. The second kappa shape index (κ2) is 11.2. The predicted molar refractivity (Wildman–Crippen MR) is 137 cm³/mol. The van der Waals surface area contributed by atoms with Crippen molar-refractivity contribution in [2.24, 2.45) is 5.16 Å². The van der Waals surface area contributed by atoms with Crippen molar-refractivity contribution < 1.29 is 14.0 Å². The molecule has 1 aliphatic heterocycles. The van der Waals surface area contributed by atoms with Crippen LogP contribution >= 0.6 is 0 Å². The highest BCUT2D eigenvalue weighted by Gasteiger charge is 2.34. The number of methoxy groups -OCH3 is 1. The van der Waals surface area contributed by atoms with Crippen molar-refractivity contribution in [1.29, 1.82) is 0 Å². The lowest BCUT2D eigenvalue weighted by atomic mass is 9.93. The minimum absolute atomic E-state index is 0.0982. The molecule has 7 heteroatoms. The van der Waals surface area contributed by atoms with E-state index in [0.29, 0.717) is 12.6 Å². The number of nitrogens with zero attached hydrogens (tertiary/aromatic N) is 3. The van der Waals surface area contributed by atoms with Gasteiger partial charge in [-0.25, -0.2) is 0 Å². The van der Waals surface area contributed by atoms with E-state index in [1.807, 2.05) is 30.6 Å². The van der Waals surface area contributed by atoms with Gasteiger partial charge in [-0.3, -0.25) is 4.98 Å². The number of hydrogen-bond acceptors (Lipinski definition) is 7. The first-order chi connectivity index (χ1) is 17.3. The molecular weight excluding hydrogens is 440 g/mol. The van der Waals surface area contributed by atoms with Crippen molar-refractivity contribution in [3.63, 3.8) is 0 Å². The number of nitrogens with one attached hydrogen (secondary N) is 1. The first-order valence-electron chi connectivity index (χ1n) is 12.4. The number of likely N-dealkylation sites (tertiary alicyclic amines) is 1. The smallest absolute Gasteiger partial charge is 0.119 e. The zero-order chi connectivity index (χ0) is 24.0. The predicted octanol–water partition coefficient (Wildman–Crippen LogP) is 4.43. The van der Waals surface area contributed by atoms with Gasteiger partial charge in [-0.15, -0.1) is 0 Å². The monoisotopic (exact) mass is 474 g/mol. The number of ether oxygens (including phenoxy) is 1. The van der Waals surface area contributed by atoms with Crippen LogP contribution in [0.25, 0.3) is 11.1 Å². The molecule has 1 unspecified atom stereocenters. The van der Waals surface area contributed by atoms with Crippen molar-refractivity contribution in [3.05, 3.63) is 77.5 Å². The van der Waals surface area contributed by atoms with E-state index in [-0.39, 0.29) is 5.92 Å². The molecule has 3 aromatic rings. The van der Waals surface area contributed by atoms with Crippen LogP contribution in [0.2, 0.25) is 0 Å². The highest BCUT2D eigenvalue weighted by atomic mass is 16.6. The number of fused-ring (bicyclic) bond motifs is 1. The molecule has 1 aliphatic carbocycles. The zero-order valence-corrected chi connectivity index (χ0v) is 20.6. The molecule has 7 nitrogen and oxygen atoms in total. The number of aromatic nitrogens is 1. The molecule has 5 rings (SSSR count). The normalized spacial score (nSPS) is 19.8. The molecular formula is C28H34N4O3. The van der Waals surface area contributed by atoms with Crippen LogP contribution in [0.1, 0.15) is 47.8 Å².